The molecule has 2 fully saturated rings. The standard InChI is InChI=1S/C33H46N4O5/c1-7-22(5)25(21-38)37-28-31(41)36(24-15-13-23(14-16-24)35(9-3)10-4)20-12-18-33(28)27(30(37)40)26-29(39)34(6)19-11-17-32(26,8-2)42-33/h11-18,22,25-28,38H,7-10,19-21H2,1-6H3/t22-,25-,26+,27-,28?,32-,33-/m0/s1. The lowest BCUT2D eigenvalue weighted by Gasteiger charge is -2.42. The van der Waals surface area contributed by atoms with Crippen LogP contribution in [0.15, 0.2) is 48.6 Å². The average Bonchev–Trinajstić information content (AvgIpc) is 3.30. The van der Waals surface area contributed by atoms with E-state index < -0.39 is 35.1 Å². The molecule has 0 radical (unpaired) electrons. The molecule has 1 aromatic carbocycles. The Bertz CT molecular complexity index is 1260. The predicted molar refractivity (Wildman–Crippen MR) is 163 cm³/mol. The summed E-state index contributed by atoms with van der Waals surface area (Å²) in [4.78, 5) is 50.6. The average molecular weight is 579 g/mol. The minimum Gasteiger partial charge on any atom is -0.394 e. The van der Waals surface area contributed by atoms with Crippen molar-refractivity contribution >= 4 is 29.1 Å². The summed E-state index contributed by atoms with van der Waals surface area (Å²) in [6, 6.07) is 6.32. The van der Waals surface area contributed by atoms with Gasteiger partial charge in [-0.3, -0.25) is 14.4 Å². The third-order valence-electron chi connectivity index (χ3n) is 10.2. The van der Waals surface area contributed by atoms with Gasteiger partial charge in [-0.15, -0.1) is 0 Å². The van der Waals surface area contributed by atoms with Crippen molar-refractivity contribution in [2.75, 3.05) is 49.6 Å². The molecule has 1 spiro atoms. The van der Waals surface area contributed by atoms with E-state index in [4.69, 9.17) is 4.74 Å². The van der Waals surface area contributed by atoms with Gasteiger partial charge in [-0.2, -0.15) is 0 Å². The maximum Gasteiger partial charge on any atom is 0.253 e. The molecule has 5 rings (SSSR count). The van der Waals surface area contributed by atoms with Crippen LogP contribution in [0.2, 0.25) is 0 Å². The van der Waals surface area contributed by atoms with Crippen LogP contribution in [0, 0.1) is 17.8 Å². The smallest absolute Gasteiger partial charge is 0.253 e. The Kier molecular flexibility index (Phi) is 8.29. The van der Waals surface area contributed by atoms with Crippen molar-refractivity contribution in [3.05, 3.63) is 48.6 Å². The largest absolute Gasteiger partial charge is 0.394 e. The van der Waals surface area contributed by atoms with E-state index in [-0.39, 0.29) is 30.2 Å². The van der Waals surface area contributed by atoms with E-state index in [0.29, 0.717) is 25.9 Å². The number of amides is 3. The number of carbonyl (C=O) groups is 3. The van der Waals surface area contributed by atoms with Gasteiger partial charge in [0.15, 0.2) is 0 Å². The Morgan fingerprint density at radius 2 is 1.62 bits per heavy atom. The van der Waals surface area contributed by atoms with E-state index in [9.17, 15) is 19.5 Å². The second kappa shape index (κ2) is 11.5. The molecule has 9 heteroatoms. The maximum absolute atomic E-state index is 14.8. The lowest BCUT2D eigenvalue weighted by Crippen LogP contribution is -2.60. The molecule has 9 nitrogen and oxygen atoms in total. The Morgan fingerprint density at radius 3 is 2.21 bits per heavy atom. The molecule has 7 atom stereocenters. The molecule has 228 valence electrons. The van der Waals surface area contributed by atoms with E-state index in [1.165, 1.54) is 0 Å². The first-order valence-electron chi connectivity index (χ1n) is 15.5. The normalized spacial score (nSPS) is 31.9. The zero-order valence-electron chi connectivity index (χ0n) is 25.8. The fraction of sp³-hybridized carbons (Fsp3) is 0.606. The fourth-order valence-corrected chi connectivity index (χ4v) is 7.66. The predicted octanol–water partition coefficient (Wildman–Crippen LogP) is 3.23. The first-order chi connectivity index (χ1) is 20.1. The van der Waals surface area contributed by atoms with E-state index in [1.807, 2.05) is 69.3 Å². The summed E-state index contributed by atoms with van der Waals surface area (Å²) < 4.78 is 7.02. The zero-order chi connectivity index (χ0) is 30.4. The van der Waals surface area contributed by atoms with Crippen molar-refractivity contribution in [3.63, 3.8) is 0 Å². The Morgan fingerprint density at radius 1 is 0.952 bits per heavy atom. The van der Waals surface area contributed by atoms with E-state index in [0.717, 1.165) is 24.5 Å². The molecule has 1 N–H and O–H groups in total. The minimum atomic E-state index is -1.34. The minimum absolute atomic E-state index is 0.0694. The Labute approximate surface area is 249 Å². The molecule has 4 heterocycles. The van der Waals surface area contributed by atoms with Crippen molar-refractivity contribution in [2.24, 2.45) is 17.8 Å². The van der Waals surface area contributed by atoms with Crippen LogP contribution in [-0.4, -0.2) is 95.7 Å². The molecule has 0 saturated carbocycles. The van der Waals surface area contributed by atoms with Gasteiger partial charge in [0.05, 0.1) is 30.1 Å². The molecule has 1 unspecified atom stereocenters. The number of aliphatic hydroxyl groups is 1. The topological polar surface area (TPSA) is 93.6 Å². The molecule has 0 bridgehead atoms. The number of likely N-dealkylation sites (tertiary alicyclic amines) is 1. The molecular weight excluding hydrogens is 532 g/mol. The van der Waals surface area contributed by atoms with E-state index in [2.05, 4.69) is 18.7 Å². The lowest BCUT2D eigenvalue weighted by molar-refractivity contribution is -0.153. The summed E-state index contributed by atoms with van der Waals surface area (Å²) in [6.07, 6.45) is 8.85. The van der Waals surface area contributed by atoms with Crippen LogP contribution in [-0.2, 0) is 19.1 Å². The first-order valence-corrected chi connectivity index (χ1v) is 15.5. The van der Waals surface area contributed by atoms with E-state index >= 15 is 0 Å². The van der Waals surface area contributed by atoms with Crippen LogP contribution < -0.4 is 9.80 Å². The van der Waals surface area contributed by atoms with Gasteiger partial charge in [0, 0.05) is 44.6 Å². The highest BCUT2D eigenvalue weighted by atomic mass is 16.5. The summed E-state index contributed by atoms with van der Waals surface area (Å²) in [6.45, 7) is 12.4. The molecule has 0 aromatic heterocycles. The molecule has 3 amide bonds. The van der Waals surface area contributed by atoms with Crippen LogP contribution in [0.4, 0.5) is 11.4 Å². The van der Waals surface area contributed by atoms with Crippen LogP contribution >= 0.6 is 0 Å². The number of rotatable bonds is 9. The second-order valence-electron chi connectivity index (χ2n) is 12.2. The zero-order valence-corrected chi connectivity index (χ0v) is 25.8. The summed E-state index contributed by atoms with van der Waals surface area (Å²) in [5, 5.41) is 10.6. The second-order valence-corrected chi connectivity index (χ2v) is 12.2. The van der Waals surface area contributed by atoms with E-state index in [1.54, 1.807) is 21.7 Å². The fourth-order valence-electron chi connectivity index (χ4n) is 7.66. The number of anilines is 2. The number of fused-ring (bicyclic) bond motifs is 2. The van der Waals surface area contributed by atoms with Gasteiger partial charge < -0.3 is 29.4 Å². The molecule has 2 saturated heterocycles. The number of benzene rings is 1. The number of nitrogens with zero attached hydrogens (tertiary/aromatic N) is 4. The third-order valence-corrected chi connectivity index (χ3v) is 10.2. The van der Waals surface area contributed by atoms with Crippen LogP contribution in [0.1, 0.15) is 47.5 Å². The molecular formula is C33H46N4O5. The number of aliphatic hydroxyl groups excluding tert-OH is 1. The number of carbonyl (C=O) groups excluding carboxylic acids is 3. The van der Waals surface area contributed by atoms with Crippen molar-refractivity contribution in [1.29, 1.82) is 0 Å². The lowest BCUT2D eigenvalue weighted by atomic mass is 9.73. The van der Waals surface area contributed by atoms with Crippen molar-refractivity contribution in [3.8, 4) is 0 Å². The highest BCUT2D eigenvalue weighted by molar-refractivity contribution is 6.06. The number of ether oxygens (including phenoxy) is 1. The van der Waals surface area contributed by atoms with Crippen molar-refractivity contribution < 1.29 is 24.2 Å². The highest BCUT2D eigenvalue weighted by Gasteiger charge is 2.76. The highest BCUT2D eigenvalue weighted by Crippen LogP contribution is 2.59. The van der Waals surface area contributed by atoms with Crippen LogP contribution in [0.3, 0.4) is 0 Å². The summed E-state index contributed by atoms with van der Waals surface area (Å²) in [5.41, 5.74) is -0.552. The summed E-state index contributed by atoms with van der Waals surface area (Å²) in [5.74, 6) is -2.45. The molecule has 4 aliphatic heterocycles. The quantitative estimate of drug-likeness (QED) is 0.453. The van der Waals surface area contributed by atoms with Gasteiger partial charge in [-0.05, 0) is 50.5 Å². The van der Waals surface area contributed by atoms with Crippen LogP contribution in [0.5, 0.6) is 0 Å². The van der Waals surface area contributed by atoms with Gasteiger partial charge >= 0.3 is 0 Å². The van der Waals surface area contributed by atoms with Gasteiger partial charge in [0.25, 0.3) is 5.91 Å². The van der Waals surface area contributed by atoms with Gasteiger partial charge in [0.2, 0.25) is 11.8 Å². The third kappa shape index (κ3) is 4.39. The van der Waals surface area contributed by atoms with Crippen molar-refractivity contribution in [1.82, 2.24) is 9.80 Å². The van der Waals surface area contributed by atoms with Gasteiger partial charge in [0.1, 0.15) is 11.6 Å². The van der Waals surface area contributed by atoms with Crippen molar-refractivity contribution in [2.45, 2.75) is 70.7 Å². The van der Waals surface area contributed by atoms with Gasteiger partial charge in [-0.25, -0.2) is 0 Å². The van der Waals surface area contributed by atoms with Gasteiger partial charge in [-0.1, -0.05) is 51.5 Å². The Hall–Kier alpha value is -3.17. The number of likely N-dealkylation sites (N-methyl/N-ethyl adjacent to an activating group) is 1. The molecule has 1 aromatic rings. The monoisotopic (exact) mass is 578 g/mol. The summed E-state index contributed by atoms with van der Waals surface area (Å²) >= 11 is 0. The number of hydrogen-bond donors (Lipinski definition) is 1. The maximum atomic E-state index is 14.8. The SMILES string of the molecule is CC[C@H](C)[C@H](CO)N1C(=O)[C@@H]2[C@@H]3C(=O)N(C)CC=C[C@]3(CC)O[C@@]23C=CCN(c2ccc(N(CC)CC)cc2)C(=O)C13. The first kappa shape index (κ1) is 30.3. The number of hydrogen-bond acceptors (Lipinski definition) is 6. The Balaban J connectivity index is 1.65. The molecule has 0 aliphatic carbocycles. The summed E-state index contributed by atoms with van der Waals surface area (Å²) in [7, 11) is 1.74. The molecule has 4 aliphatic rings. The van der Waals surface area contributed by atoms with Crippen LogP contribution in [0.25, 0.3) is 0 Å². The molecule has 42 heavy (non-hydrogen) atoms.